The van der Waals surface area contributed by atoms with E-state index in [4.69, 9.17) is 15.2 Å². The van der Waals surface area contributed by atoms with Crippen molar-refractivity contribution in [3.05, 3.63) is 42.1 Å². The molecule has 3 rings (SSSR count). The lowest BCUT2D eigenvalue weighted by Gasteiger charge is -2.36. The van der Waals surface area contributed by atoms with E-state index in [1.807, 2.05) is 6.92 Å². The molecule has 0 aliphatic carbocycles. The number of anilines is 1. The van der Waals surface area contributed by atoms with Crippen LogP contribution in [-0.4, -0.2) is 52.1 Å². The van der Waals surface area contributed by atoms with Gasteiger partial charge in [0.25, 0.3) is 5.91 Å². The second-order valence-corrected chi connectivity index (χ2v) is 7.00. The van der Waals surface area contributed by atoms with Crippen LogP contribution in [0.1, 0.15) is 23.1 Å². The third-order valence-corrected chi connectivity index (χ3v) is 5.10. The van der Waals surface area contributed by atoms with Crippen molar-refractivity contribution in [2.45, 2.75) is 18.6 Å². The molecule has 2 atom stereocenters. The molecule has 27 heavy (non-hydrogen) atoms. The van der Waals surface area contributed by atoms with Gasteiger partial charge >= 0.3 is 0 Å². The number of nitrogens with two attached hydrogens (primary N) is 1. The molecule has 1 aliphatic rings. The summed E-state index contributed by atoms with van der Waals surface area (Å²) in [5.41, 5.74) is 6.55. The molecular weight excluding hydrogens is 368 g/mol. The topological polar surface area (TPSA) is 125 Å². The lowest BCUT2D eigenvalue weighted by Crippen LogP contribution is -2.43. The highest BCUT2D eigenvalue weighted by molar-refractivity contribution is 8.13. The smallest absolute Gasteiger partial charge is 0.275 e. The standard InChI is InChI=1S/C17H20N6O3S/c1-17(13(25-2)9-27-16(18)23-17)12-6-10(4-5-19-12)22-15(24)11-7-21-14(26-3)8-20-11/h4-8,13H,9H2,1-3H3,(H2,18,23)(H,19,22,24)/t13?,17-/m1/s1. The van der Waals surface area contributed by atoms with Crippen molar-refractivity contribution in [2.75, 3.05) is 25.3 Å². The maximum Gasteiger partial charge on any atom is 0.275 e. The lowest BCUT2D eigenvalue weighted by atomic mass is 9.91. The largest absolute Gasteiger partial charge is 0.480 e. The van der Waals surface area contributed by atoms with Crippen LogP contribution in [0.15, 0.2) is 35.7 Å². The van der Waals surface area contributed by atoms with E-state index in [0.717, 1.165) is 0 Å². The van der Waals surface area contributed by atoms with Gasteiger partial charge in [0, 0.05) is 24.7 Å². The first-order valence-electron chi connectivity index (χ1n) is 8.11. The molecule has 3 N–H and O–H groups in total. The van der Waals surface area contributed by atoms with Crippen LogP contribution in [0.4, 0.5) is 5.69 Å². The van der Waals surface area contributed by atoms with E-state index in [9.17, 15) is 4.79 Å². The molecule has 1 unspecified atom stereocenters. The minimum absolute atomic E-state index is 0.173. The fraction of sp³-hybridized carbons (Fsp3) is 0.353. The Kier molecular flexibility index (Phi) is 5.57. The zero-order chi connectivity index (χ0) is 19.4. The van der Waals surface area contributed by atoms with E-state index in [1.165, 1.54) is 31.3 Å². The van der Waals surface area contributed by atoms with E-state index in [0.29, 0.717) is 28.2 Å². The molecule has 142 valence electrons. The average Bonchev–Trinajstić information content (AvgIpc) is 2.68. The van der Waals surface area contributed by atoms with Gasteiger partial charge in [0.15, 0.2) is 5.17 Å². The lowest BCUT2D eigenvalue weighted by molar-refractivity contribution is 0.0576. The number of rotatable bonds is 5. The Morgan fingerprint density at radius 2 is 2.15 bits per heavy atom. The third-order valence-electron chi connectivity index (χ3n) is 4.24. The number of aliphatic imine (C=N–C) groups is 1. The fourth-order valence-corrected chi connectivity index (χ4v) is 3.73. The fourth-order valence-electron chi connectivity index (χ4n) is 2.70. The quantitative estimate of drug-likeness (QED) is 0.788. The Morgan fingerprint density at radius 1 is 1.33 bits per heavy atom. The van der Waals surface area contributed by atoms with Crippen LogP contribution in [-0.2, 0) is 10.3 Å². The number of thioether (sulfide) groups is 1. The van der Waals surface area contributed by atoms with Crippen molar-refractivity contribution in [1.29, 1.82) is 0 Å². The first kappa shape index (κ1) is 19.1. The van der Waals surface area contributed by atoms with E-state index in [2.05, 4.69) is 25.3 Å². The van der Waals surface area contributed by atoms with Gasteiger partial charge in [-0.15, -0.1) is 0 Å². The van der Waals surface area contributed by atoms with Crippen molar-refractivity contribution in [1.82, 2.24) is 15.0 Å². The minimum Gasteiger partial charge on any atom is -0.480 e. The van der Waals surface area contributed by atoms with Crippen molar-refractivity contribution in [3.63, 3.8) is 0 Å². The first-order chi connectivity index (χ1) is 13.0. The highest BCUT2D eigenvalue weighted by Gasteiger charge is 2.40. The molecule has 9 nitrogen and oxygen atoms in total. The Bertz CT molecular complexity index is 860. The van der Waals surface area contributed by atoms with Gasteiger partial charge in [-0.05, 0) is 19.1 Å². The Labute approximate surface area is 160 Å². The van der Waals surface area contributed by atoms with Gasteiger partial charge in [-0.3, -0.25) is 9.78 Å². The first-order valence-corrected chi connectivity index (χ1v) is 9.09. The highest BCUT2D eigenvalue weighted by Crippen LogP contribution is 2.36. The van der Waals surface area contributed by atoms with Crippen LogP contribution in [0, 0.1) is 0 Å². The molecule has 0 saturated heterocycles. The number of hydrogen-bond donors (Lipinski definition) is 2. The van der Waals surface area contributed by atoms with E-state index in [-0.39, 0.29) is 11.8 Å². The maximum atomic E-state index is 12.4. The maximum absolute atomic E-state index is 12.4. The molecule has 1 aliphatic heterocycles. The van der Waals surface area contributed by atoms with Crippen LogP contribution in [0.5, 0.6) is 5.88 Å². The number of nitrogens with one attached hydrogen (secondary N) is 1. The summed E-state index contributed by atoms with van der Waals surface area (Å²) in [4.78, 5) is 29.4. The average molecular weight is 388 g/mol. The molecule has 0 fully saturated rings. The number of hydrogen-bond acceptors (Lipinski definition) is 9. The van der Waals surface area contributed by atoms with Crippen LogP contribution in [0.2, 0.25) is 0 Å². The molecule has 0 saturated carbocycles. The molecule has 2 aromatic rings. The minimum atomic E-state index is -0.745. The molecule has 0 radical (unpaired) electrons. The second kappa shape index (κ2) is 7.89. The molecular formula is C17H20N6O3S. The summed E-state index contributed by atoms with van der Waals surface area (Å²) in [5.74, 6) is 0.613. The van der Waals surface area contributed by atoms with Crippen LogP contribution < -0.4 is 15.8 Å². The molecule has 0 bridgehead atoms. The predicted molar refractivity (Wildman–Crippen MR) is 103 cm³/mol. The number of carbonyl (C=O) groups is 1. The van der Waals surface area contributed by atoms with Crippen molar-refractivity contribution in [3.8, 4) is 5.88 Å². The molecule has 1 amide bonds. The normalized spacial score (nSPS) is 22.0. The summed E-state index contributed by atoms with van der Waals surface area (Å²) in [6.45, 7) is 1.91. The van der Waals surface area contributed by atoms with Crippen LogP contribution in [0.25, 0.3) is 0 Å². The summed E-state index contributed by atoms with van der Waals surface area (Å²) >= 11 is 1.44. The molecule has 0 aromatic carbocycles. The molecule has 0 spiro atoms. The zero-order valence-corrected chi connectivity index (χ0v) is 16.0. The van der Waals surface area contributed by atoms with Gasteiger partial charge in [-0.2, -0.15) is 0 Å². The number of carbonyl (C=O) groups excluding carboxylic acids is 1. The van der Waals surface area contributed by atoms with Gasteiger partial charge in [0.2, 0.25) is 5.88 Å². The number of ether oxygens (including phenoxy) is 2. The molecule has 10 heteroatoms. The molecule has 2 aromatic heterocycles. The summed E-state index contributed by atoms with van der Waals surface area (Å²) in [6.07, 6.45) is 4.15. The van der Waals surface area contributed by atoms with Crippen molar-refractivity contribution in [2.24, 2.45) is 10.7 Å². The summed E-state index contributed by atoms with van der Waals surface area (Å²) in [7, 11) is 3.11. The van der Waals surface area contributed by atoms with Crippen molar-refractivity contribution < 1.29 is 14.3 Å². The summed E-state index contributed by atoms with van der Waals surface area (Å²) < 4.78 is 10.5. The van der Waals surface area contributed by atoms with E-state index in [1.54, 1.807) is 25.4 Å². The Hall–Kier alpha value is -2.72. The number of methoxy groups -OCH3 is 2. The van der Waals surface area contributed by atoms with E-state index < -0.39 is 11.4 Å². The van der Waals surface area contributed by atoms with Crippen LogP contribution in [0.3, 0.4) is 0 Å². The Balaban J connectivity index is 1.84. The number of aromatic nitrogens is 3. The number of amides is 1. The SMILES string of the molecule is COc1cnc(C(=O)Nc2ccnc([C@@]3(C)N=C(N)SCC3OC)c2)cn1. The van der Waals surface area contributed by atoms with Crippen LogP contribution >= 0.6 is 11.8 Å². The highest BCUT2D eigenvalue weighted by atomic mass is 32.2. The number of pyridine rings is 1. The zero-order valence-electron chi connectivity index (χ0n) is 15.2. The van der Waals surface area contributed by atoms with Gasteiger partial charge in [-0.1, -0.05) is 11.8 Å². The second-order valence-electron chi connectivity index (χ2n) is 5.96. The Morgan fingerprint density at radius 3 is 2.81 bits per heavy atom. The van der Waals surface area contributed by atoms with Gasteiger partial charge in [0.1, 0.15) is 11.2 Å². The summed E-state index contributed by atoms with van der Waals surface area (Å²) in [6, 6.07) is 3.45. The summed E-state index contributed by atoms with van der Waals surface area (Å²) in [5, 5.41) is 3.27. The third kappa shape index (κ3) is 4.01. The number of amidine groups is 1. The number of nitrogens with zero attached hydrogens (tertiary/aromatic N) is 4. The van der Waals surface area contributed by atoms with Gasteiger partial charge in [0.05, 0.1) is 31.3 Å². The predicted octanol–water partition coefficient (Wildman–Crippen LogP) is 1.42. The van der Waals surface area contributed by atoms with Gasteiger partial charge in [-0.25, -0.2) is 15.0 Å². The van der Waals surface area contributed by atoms with Crippen molar-refractivity contribution >= 4 is 28.5 Å². The monoisotopic (exact) mass is 388 g/mol. The molecule has 3 heterocycles. The van der Waals surface area contributed by atoms with Gasteiger partial charge < -0.3 is 20.5 Å². The van der Waals surface area contributed by atoms with E-state index >= 15 is 0 Å².